The van der Waals surface area contributed by atoms with Gasteiger partial charge >= 0.3 is 0 Å². The number of rotatable bonds is 4. The van der Waals surface area contributed by atoms with Crippen molar-refractivity contribution in [1.82, 2.24) is 0 Å². The minimum Gasteiger partial charge on any atom is -0.387 e. The number of aliphatic hydroxyl groups is 1. The summed E-state index contributed by atoms with van der Waals surface area (Å²) in [6.07, 6.45) is 1.23. The molecule has 0 aliphatic heterocycles. The zero-order chi connectivity index (χ0) is 9.61. The van der Waals surface area contributed by atoms with Gasteiger partial charge in [-0.15, -0.1) is 11.8 Å². The largest absolute Gasteiger partial charge is 0.387 e. The molecule has 0 amide bonds. The summed E-state index contributed by atoms with van der Waals surface area (Å²) in [7, 11) is 1.60. The lowest BCUT2D eigenvalue weighted by Crippen LogP contribution is -2.38. The highest BCUT2D eigenvalue weighted by molar-refractivity contribution is 4.97. The number of hydrogen-bond acceptors (Lipinski definition) is 2. The Morgan fingerprint density at radius 2 is 2.17 bits per heavy atom. The van der Waals surface area contributed by atoms with Crippen LogP contribution >= 0.6 is 0 Å². The molecule has 0 radical (unpaired) electrons. The van der Waals surface area contributed by atoms with Crippen LogP contribution in [-0.2, 0) is 4.74 Å². The molecule has 0 heterocycles. The molecule has 2 nitrogen and oxygen atoms in total. The first kappa shape index (κ1) is 11.5. The SMILES string of the molecule is CC#CCCC(C)(O)C(C)OC. The first-order valence-electron chi connectivity index (χ1n) is 4.19. The average Bonchev–Trinajstić information content (AvgIpc) is 2.03. The summed E-state index contributed by atoms with van der Waals surface area (Å²) in [5.41, 5.74) is -0.765. The van der Waals surface area contributed by atoms with Gasteiger partial charge in [-0.05, 0) is 27.2 Å². The zero-order valence-electron chi connectivity index (χ0n) is 8.35. The molecule has 0 aromatic heterocycles. The lowest BCUT2D eigenvalue weighted by molar-refractivity contribution is -0.0760. The minimum absolute atomic E-state index is 0.142. The maximum atomic E-state index is 9.82. The van der Waals surface area contributed by atoms with Crippen LogP contribution in [0, 0.1) is 11.8 Å². The molecule has 0 saturated carbocycles. The molecular weight excluding hydrogens is 152 g/mol. The zero-order valence-corrected chi connectivity index (χ0v) is 8.35. The van der Waals surface area contributed by atoms with E-state index in [-0.39, 0.29) is 6.10 Å². The fraction of sp³-hybridized carbons (Fsp3) is 0.800. The van der Waals surface area contributed by atoms with Crippen LogP contribution in [-0.4, -0.2) is 23.9 Å². The second-order valence-electron chi connectivity index (χ2n) is 3.16. The van der Waals surface area contributed by atoms with Gasteiger partial charge in [0.25, 0.3) is 0 Å². The third-order valence-electron chi connectivity index (χ3n) is 2.16. The van der Waals surface area contributed by atoms with Gasteiger partial charge in [0, 0.05) is 13.5 Å². The van der Waals surface area contributed by atoms with E-state index in [1.807, 2.05) is 6.92 Å². The van der Waals surface area contributed by atoms with E-state index in [1.54, 1.807) is 21.0 Å². The monoisotopic (exact) mass is 170 g/mol. The third kappa shape index (κ3) is 3.75. The van der Waals surface area contributed by atoms with Crippen LogP contribution < -0.4 is 0 Å². The molecule has 70 valence electrons. The number of ether oxygens (including phenoxy) is 1. The molecule has 0 spiro atoms. The summed E-state index contributed by atoms with van der Waals surface area (Å²) in [6.45, 7) is 5.44. The van der Waals surface area contributed by atoms with Gasteiger partial charge in [0.15, 0.2) is 0 Å². The Balaban J connectivity index is 3.91. The maximum absolute atomic E-state index is 9.82. The van der Waals surface area contributed by atoms with Crippen molar-refractivity contribution in [3.63, 3.8) is 0 Å². The lowest BCUT2D eigenvalue weighted by Gasteiger charge is -2.28. The standard InChI is InChI=1S/C10H18O2/c1-5-6-7-8-10(3,11)9(2)12-4/h9,11H,7-8H2,1-4H3. The van der Waals surface area contributed by atoms with Gasteiger partial charge in [-0.1, -0.05) is 0 Å². The van der Waals surface area contributed by atoms with E-state index < -0.39 is 5.60 Å². The van der Waals surface area contributed by atoms with Gasteiger partial charge < -0.3 is 9.84 Å². The summed E-state index contributed by atoms with van der Waals surface area (Å²) in [5, 5.41) is 9.82. The molecular formula is C10H18O2. The van der Waals surface area contributed by atoms with Crippen molar-refractivity contribution in [2.24, 2.45) is 0 Å². The third-order valence-corrected chi connectivity index (χ3v) is 2.16. The van der Waals surface area contributed by atoms with Gasteiger partial charge in [-0.2, -0.15) is 0 Å². The van der Waals surface area contributed by atoms with Crippen LogP contribution in [0.25, 0.3) is 0 Å². The maximum Gasteiger partial charge on any atom is 0.0886 e. The summed E-state index contributed by atoms with van der Waals surface area (Å²) < 4.78 is 5.05. The van der Waals surface area contributed by atoms with E-state index >= 15 is 0 Å². The summed E-state index contributed by atoms with van der Waals surface area (Å²) in [5.74, 6) is 5.71. The van der Waals surface area contributed by atoms with Crippen molar-refractivity contribution < 1.29 is 9.84 Å². The average molecular weight is 170 g/mol. The molecule has 12 heavy (non-hydrogen) atoms. The van der Waals surface area contributed by atoms with Crippen LogP contribution in [0.4, 0.5) is 0 Å². The second-order valence-corrected chi connectivity index (χ2v) is 3.16. The molecule has 0 aromatic carbocycles. The Hall–Kier alpha value is -0.520. The van der Waals surface area contributed by atoms with Gasteiger partial charge in [0.2, 0.25) is 0 Å². The van der Waals surface area contributed by atoms with E-state index in [9.17, 15) is 5.11 Å². The van der Waals surface area contributed by atoms with Crippen molar-refractivity contribution in [1.29, 1.82) is 0 Å². The summed E-state index contributed by atoms with van der Waals surface area (Å²) in [6, 6.07) is 0. The smallest absolute Gasteiger partial charge is 0.0886 e. The predicted octanol–water partition coefficient (Wildman–Crippen LogP) is 1.58. The summed E-state index contributed by atoms with van der Waals surface area (Å²) in [4.78, 5) is 0. The van der Waals surface area contributed by atoms with Crippen LogP contribution in [0.5, 0.6) is 0 Å². The highest BCUT2D eigenvalue weighted by Gasteiger charge is 2.27. The topological polar surface area (TPSA) is 29.5 Å². The van der Waals surface area contributed by atoms with Crippen molar-refractivity contribution in [3.8, 4) is 11.8 Å². The van der Waals surface area contributed by atoms with E-state index in [0.717, 1.165) is 6.42 Å². The Labute approximate surface area is 74.9 Å². The Morgan fingerprint density at radius 3 is 2.58 bits per heavy atom. The molecule has 0 rings (SSSR count). The Kier molecular flexibility index (Phi) is 4.96. The minimum atomic E-state index is -0.765. The first-order valence-corrected chi connectivity index (χ1v) is 4.19. The van der Waals surface area contributed by atoms with Crippen LogP contribution in [0.1, 0.15) is 33.6 Å². The van der Waals surface area contributed by atoms with Crippen molar-refractivity contribution >= 4 is 0 Å². The quantitative estimate of drug-likeness (QED) is 0.649. The highest BCUT2D eigenvalue weighted by Crippen LogP contribution is 2.18. The van der Waals surface area contributed by atoms with Crippen molar-refractivity contribution in [2.45, 2.75) is 45.3 Å². The van der Waals surface area contributed by atoms with Gasteiger partial charge in [-0.25, -0.2) is 0 Å². The Bertz CT molecular complexity index is 174. The van der Waals surface area contributed by atoms with E-state index in [1.165, 1.54) is 0 Å². The fourth-order valence-electron chi connectivity index (χ4n) is 0.898. The molecule has 0 bridgehead atoms. The van der Waals surface area contributed by atoms with E-state index in [2.05, 4.69) is 11.8 Å². The van der Waals surface area contributed by atoms with E-state index in [0.29, 0.717) is 6.42 Å². The molecule has 2 heteroatoms. The molecule has 0 saturated heterocycles. The van der Waals surface area contributed by atoms with Gasteiger partial charge in [-0.3, -0.25) is 0 Å². The molecule has 0 aromatic rings. The van der Waals surface area contributed by atoms with Crippen LogP contribution in [0.2, 0.25) is 0 Å². The lowest BCUT2D eigenvalue weighted by atomic mass is 9.94. The molecule has 2 unspecified atom stereocenters. The predicted molar refractivity (Wildman–Crippen MR) is 49.8 cm³/mol. The van der Waals surface area contributed by atoms with Crippen LogP contribution in [0.15, 0.2) is 0 Å². The van der Waals surface area contributed by atoms with Gasteiger partial charge in [0.1, 0.15) is 0 Å². The molecule has 0 aliphatic carbocycles. The second kappa shape index (κ2) is 5.18. The number of methoxy groups -OCH3 is 1. The summed E-state index contributed by atoms with van der Waals surface area (Å²) >= 11 is 0. The first-order chi connectivity index (χ1) is 5.54. The van der Waals surface area contributed by atoms with Gasteiger partial charge in [0.05, 0.1) is 11.7 Å². The molecule has 0 fully saturated rings. The van der Waals surface area contributed by atoms with Crippen molar-refractivity contribution in [3.05, 3.63) is 0 Å². The number of hydrogen-bond donors (Lipinski definition) is 1. The highest BCUT2D eigenvalue weighted by atomic mass is 16.5. The van der Waals surface area contributed by atoms with Crippen molar-refractivity contribution in [2.75, 3.05) is 7.11 Å². The molecule has 1 N–H and O–H groups in total. The normalized spacial score (nSPS) is 17.4. The van der Waals surface area contributed by atoms with Crippen LogP contribution in [0.3, 0.4) is 0 Å². The fourth-order valence-corrected chi connectivity index (χ4v) is 0.898. The molecule has 0 aliphatic rings. The van der Waals surface area contributed by atoms with E-state index in [4.69, 9.17) is 4.74 Å². The molecule has 2 atom stereocenters. The Morgan fingerprint density at radius 1 is 1.58 bits per heavy atom.